The number of hydrogen-bond donors (Lipinski definition) is 1. The Morgan fingerprint density at radius 1 is 0.889 bits per heavy atom. The third-order valence-electron chi connectivity index (χ3n) is 10.4. The van der Waals surface area contributed by atoms with Crippen LogP contribution < -0.4 is 0 Å². The van der Waals surface area contributed by atoms with Crippen LogP contribution in [-0.4, -0.2) is 55.5 Å². The third-order valence-corrected chi connectivity index (χ3v) is 13.5. The summed E-state index contributed by atoms with van der Waals surface area (Å²) in [7, 11) is 0. The molecule has 3 fully saturated rings. The van der Waals surface area contributed by atoms with Gasteiger partial charge in [0.05, 0.1) is 40.7 Å². The van der Waals surface area contributed by atoms with Crippen LogP contribution in [0, 0.1) is 11.3 Å². The minimum Gasteiger partial charge on any atom is -0.387 e. The van der Waals surface area contributed by atoms with E-state index < -0.39 is 11.2 Å². The zero-order chi connectivity index (χ0) is 26.7. The molecular formula is C30H50Br2O4. The van der Waals surface area contributed by atoms with E-state index in [9.17, 15) is 5.11 Å². The fourth-order valence-electron chi connectivity index (χ4n) is 7.38. The number of aliphatic hydroxyl groups is 1. The van der Waals surface area contributed by atoms with E-state index in [2.05, 4.69) is 86.4 Å². The molecule has 0 bridgehead atoms. The Balaban J connectivity index is 1.46. The summed E-state index contributed by atoms with van der Waals surface area (Å²) in [5.74, 6) is 0.459. The van der Waals surface area contributed by atoms with Gasteiger partial charge in [-0.3, -0.25) is 0 Å². The van der Waals surface area contributed by atoms with Crippen molar-refractivity contribution in [3.8, 4) is 0 Å². The predicted molar refractivity (Wildman–Crippen MR) is 154 cm³/mol. The maximum absolute atomic E-state index is 11.7. The summed E-state index contributed by atoms with van der Waals surface area (Å²) in [6.07, 6.45) is 10.6. The van der Waals surface area contributed by atoms with Gasteiger partial charge in [-0.15, -0.1) is 0 Å². The Hall–Kier alpha value is 0.540. The number of rotatable bonds is 4. The summed E-state index contributed by atoms with van der Waals surface area (Å²) in [5.41, 5.74) is -0.204. The Morgan fingerprint density at radius 3 is 2.19 bits per heavy atom. The quantitative estimate of drug-likeness (QED) is 0.253. The van der Waals surface area contributed by atoms with Crippen LogP contribution in [0.1, 0.15) is 113 Å². The Kier molecular flexibility index (Phi) is 8.35. The lowest BCUT2D eigenvalue weighted by Crippen LogP contribution is -2.57. The summed E-state index contributed by atoms with van der Waals surface area (Å²) < 4.78 is 20.5. The average Bonchev–Trinajstić information content (AvgIpc) is 2.93. The van der Waals surface area contributed by atoms with E-state index in [1.54, 1.807) is 0 Å². The summed E-state index contributed by atoms with van der Waals surface area (Å²) in [4.78, 5) is 0.789. The van der Waals surface area contributed by atoms with Crippen LogP contribution in [0.4, 0.5) is 0 Å². The summed E-state index contributed by atoms with van der Waals surface area (Å²) >= 11 is 7.78. The van der Waals surface area contributed by atoms with Crippen LogP contribution in [0.3, 0.4) is 0 Å². The fourth-order valence-corrected chi connectivity index (χ4v) is 8.22. The molecule has 0 aromatic carbocycles. The number of allylic oxidation sites excluding steroid dienone is 2. The van der Waals surface area contributed by atoms with Gasteiger partial charge < -0.3 is 19.3 Å². The molecule has 0 aromatic heterocycles. The topological polar surface area (TPSA) is 47.9 Å². The maximum Gasteiger partial charge on any atom is 0.0921 e. The molecular weight excluding hydrogens is 584 g/mol. The molecule has 6 heteroatoms. The normalized spacial score (nSPS) is 46.4. The monoisotopic (exact) mass is 632 g/mol. The van der Waals surface area contributed by atoms with E-state index in [4.69, 9.17) is 14.2 Å². The van der Waals surface area contributed by atoms with Crippen LogP contribution in [0.25, 0.3) is 0 Å². The van der Waals surface area contributed by atoms with Gasteiger partial charge in [0.1, 0.15) is 0 Å². The van der Waals surface area contributed by atoms with Gasteiger partial charge in [-0.05, 0) is 111 Å². The van der Waals surface area contributed by atoms with Crippen molar-refractivity contribution in [2.45, 2.75) is 164 Å². The zero-order valence-electron chi connectivity index (χ0n) is 23.8. The summed E-state index contributed by atoms with van der Waals surface area (Å²) in [6.45, 7) is 17.8. The van der Waals surface area contributed by atoms with E-state index in [0.717, 1.165) is 57.8 Å². The van der Waals surface area contributed by atoms with Gasteiger partial charge >= 0.3 is 0 Å². The van der Waals surface area contributed by atoms with Crippen molar-refractivity contribution in [2.75, 3.05) is 0 Å². The highest BCUT2D eigenvalue weighted by Crippen LogP contribution is 2.50. The molecule has 9 atom stereocenters. The van der Waals surface area contributed by atoms with Gasteiger partial charge in [-0.2, -0.15) is 0 Å². The van der Waals surface area contributed by atoms with Crippen molar-refractivity contribution in [2.24, 2.45) is 11.3 Å². The first-order valence-electron chi connectivity index (χ1n) is 14.2. The van der Waals surface area contributed by atoms with Crippen LogP contribution >= 0.6 is 31.9 Å². The summed E-state index contributed by atoms with van der Waals surface area (Å²) in [6, 6.07) is 0. The number of hydrogen-bond acceptors (Lipinski definition) is 4. The van der Waals surface area contributed by atoms with Crippen molar-refractivity contribution in [3.63, 3.8) is 0 Å². The number of fused-ring (bicyclic) bond motifs is 2. The van der Waals surface area contributed by atoms with Crippen molar-refractivity contribution in [1.29, 1.82) is 0 Å². The summed E-state index contributed by atoms with van der Waals surface area (Å²) in [5, 5.41) is 11.7. The Bertz CT molecular complexity index is 839. The Labute approximate surface area is 236 Å². The predicted octanol–water partition coefficient (Wildman–Crippen LogP) is 7.87. The highest BCUT2D eigenvalue weighted by Gasteiger charge is 2.55. The first kappa shape index (κ1) is 29.5. The van der Waals surface area contributed by atoms with Crippen molar-refractivity contribution in [1.82, 2.24) is 0 Å². The second-order valence-electron chi connectivity index (χ2n) is 14.1. The molecule has 2 unspecified atom stereocenters. The number of ether oxygens (including phenoxy) is 3. The van der Waals surface area contributed by atoms with Gasteiger partial charge in [0.25, 0.3) is 0 Å². The van der Waals surface area contributed by atoms with Crippen molar-refractivity contribution >= 4 is 31.9 Å². The van der Waals surface area contributed by atoms with Crippen molar-refractivity contribution in [3.05, 3.63) is 11.6 Å². The molecule has 36 heavy (non-hydrogen) atoms. The molecule has 0 spiro atoms. The molecule has 0 radical (unpaired) electrons. The van der Waals surface area contributed by atoms with Gasteiger partial charge in [-0.25, -0.2) is 0 Å². The second kappa shape index (κ2) is 10.2. The molecule has 208 valence electrons. The van der Waals surface area contributed by atoms with E-state index in [0.29, 0.717) is 15.6 Å². The van der Waals surface area contributed by atoms with Gasteiger partial charge in [-0.1, -0.05) is 57.4 Å². The van der Waals surface area contributed by atoms with Crippen molar-refractivity contribution < 1.29 is 19.3 Å². The SMILES string of the molecule is CC1=CC[C@H](Br)C(C)(C)[C@H]1CCC(C)(O)C1CC[C@@H]2O[C@]3(C)CC[C@@H](Br)C(C)(C)O[C@H]3CC[C@@]2(C)O1. The smallest absolute Gasteiger partial charge is 0.0921 e. The minimum absolute atomic E-state index is 0.0229. The average molecular weight is 635 g/mol. The highest BCUT2D eigenvalue weighted by atomic mass is 79.9. The zero-order valence-corrected chi connectivity index (χ0v) is 27.0. The lowest BCUT2D eigenvalue weighted by molar-refractivity contribution is -0.260. The number of alkyl halides is 2. The fraction of sp³-hybridized carbons (Fsp3) is 0.933. The molecule has 0 aromatic rings. The lowest BCUT2D eigenvalue weighted by Gasteiger charge is -2.49. The van der Waals surface area contributed by atoms with E-state index in [1.807, 2.05) is 6.92 Å². The van der Waals surface area contributed by atoms with E-state index in [-0.39, 0.29) is 34.9 Å². The van der Waals surface area contributed by atoms with Crippen LogP contribution in [0.15, 0.2) is 11.6 Å². The largest absolute Gasteiger partial charge is 0.387 e. The molecule has 3 aliphatic heterocycles. The van der Waals surface area contributed by atoms with Crippen LogP contribution in [0.5, 0.6) is 0 Å². The van der Waals surface area contributed by atoms with Gasteiger partial charge in [0.2, 0.25) is 0 Å². The molecule has 0 saturated carbocycles. The standard InChI is InChI=1S/C30H50Br2O4/c1-19-9-10-21(31)26(2,3)20(19)13-16-28(6,33)23-11-12-24-30(8,35-23)18-15-25-29(7,36-24)17-14-22(32)27(4,5)34-25/h9,20-25,33H,10-18H2,1-8H3/t20-,21-,22+,23?,24-,25-,28?,29+,30+/m0/s1. The van der Waals surface area contributed by atoms with Gasteiger partial charge in [0.15, 0.2) is 0 Å². The number of halogens is 2. The molecule has 3 heterocycles. The van der Waals surface area contributed by atoms with E-state index >= 15 is 0 Å². The minimum atomic E-state index is -0.869. The first-order valence-corrected chi connectivity index (χ1v) is 16.0. The molecule has 4 nitrogen and oxygen atoms in total. The molecule has 1 N–H and O–H groups in total. The van der Waals surface area contributed by atoms with Crippen LogP contribution in [-0.2, 0) is 14.2 Å². The highest BCUT2D eigenvalue weighted by molar-refractivity contribution is 9.09. The maximum atomic E-state index is 11.7. The third kappa shape index (κ3) is 5.57. The lowest BCUT2D eigenvalue weighted by atomic mass is 9.66. The molecule has 4 aliphatic rings. The van der Waals surface area contributed by atoms with E-state index in [1.165, 1.54) is 5.57 Å². The second-order valence-corrected chi connectivity index (χ2v) is 16.3. The Morgan fingerprint density at radius 2 is 1.50 bits per heavy atom. The molecule has 1 aliphatic carbocycles. The van der Waals surface area contributed by atoms with Gasteiger partial charge in [0, 0.05) is 9.65 Å². The molecule has 4 rings (SSSR count). The van der Waals surface area contributed by atoms with Crippen LogP contribution in [0.2, 0.25) is 0 Å². The first-order chi connectivity index (χ1) is 16.5. The molecule has 0 amide bonds. The molecule has 3 saturated heterocycles.